The summed E-state index contributed by atoms with van der Waals surface area (Å²) < 4.78 is 16.0. The van der Waals surface area contributed by atoms with Gasteiger partial charge in [-0.05, 0) is 44.5 Å². The van der Waals surface area contributed by atoms with Crippen molar-refractivity contribution in [2.45, 2.75) is 37.6 Å². The fourth-order valence-corrected chi connectivity index (χ4v) is 4.85. The lowest BCUT2D eigenvalue weighted by Gasteiger charge is -2.29. The van der Waals surface area contributed by atoms with Gasteiger partial charge in [0.2, 0.25) is 5.91 Å². The molecule has 2 heterocycles. The van der Waals surface area contributed by atoms with Gasteiger partial charge in [0.25, 0.3) is 5.91 Å². The molecule has 29 heavy (non-hydrogen) atoms. The molecule has 1 aromatic rings. The van der Waals surface area contributed by atoms with Crippen LogP contribution in [0.3, 0.4) is 0 Å². The Hall–Kier alpha value is -2.42. The highest BCUT2D eigenvalue weighted by molar-refractivity contribution is 8.01. The van der Waals surface area contributed by atoms with Crippen LogP contribution in [0.15, 0.2) is 24.3 Å². The third-order valence-corrected chi connectivity index (χ3v) is 6.40. The van der Waals surface area contributed by atoms with E-state index < -0.39 is 17.9 Å². The summed E-state index contributed by atoms with van der Waals surface area (Å²) in [6.07, 6.45) is 1.18. The molecule has 2 aliphatic rings. The van der Waals surface area contributed by atoms with Crippen molar-refractivity contribution in [3.05, 3.63) is 24.3 Å². The minimum Gasteiger partial charge on any atom is -0.494 e. The van der Waals surface area contributed by atoms with Gasteiger partial charge in [-0.2, -0.15) is 0 Å². The van der Waals surface area contributed by atoms with Crippen molar-refractivity contribution in [3.8, 4) is 11.5 Å². The molecule has 0 aliphatic carbocycles. The third kappa shape index (κ3) is 5.14. The predicted octanol–water partition coefficient (Wildman–Crippen LogP) is 1.58. The summed E-state index contributed by atoms with van der Waals surface area (Å²) >= 11 is 1.59. The van der Waals surface area contributed by atoms with E-state index in [1.54, 1.807) is 28.8 Å². The summed E-state index contributed by atoms with van der Waals surface area (Å²) in [4.78, 5) is 37.6. The molecule has 0 bridgehead atoms. The first-order valence-electron chi connectivity index (χ1n) is 9.68. The summed E-state index contributed by atoms with van der Waals surface area (Å²) in [5.74, 6) is 0.971. The van der Waals surface area contributed by atoms with Crippen molar-refractivity contribution in [1.82, 2.24) is 10.2 Å². The summed E-state index contributed by atoms with van der Waals surface area (Å²) in [6.45, 7) is 4.68. The highest BCUT2D eigenvalue weighted by Crippen LogP contribution is 2.47. The number of carbonyl (C=O) groups is 3. The number of benzene rings is 1. The number of hydrogen-bond donors (Lipinski definition) is 1. The van der Waals surface area contributed by atoms with E-state index in [2.05, 4.69) is 5.32 Å². The average Bonchev–Trinajstić information content (AvgIpc) is 3.20. The Balaban J connectivity index is 1.34. The maximum atomic E-state index is 12.3. The number of thioether (sulfide) groups is 1. The summed E-state index contributed by atoms with van der Waals surface area (Å²) in [7, 11) is 0. The van der Waals surface area contributed by atoms with Gasteiger partial charge in [-0.3, -0.25) is 9.59 Å². The van der Waals surface area contributed by atoms with E-state index in [1.165, 1.54) is 0 Å². The number of rotatable bonds is 9. The van der Waals surface area contributed by atoms with E-state index in [0.717, 1.165) is 12.2 Å². The van der Waals surface area contributed by atoms with Gasteiger partial charge in [-0.15, -0.1) is 11.8 Å². The zero-order valence-corrected chi connectivity index (χ0v) is 17.5. The quantitative estimate of drug-likeness (QED) is 0.477. The Bertz CT molecular complexity index is 756. The molecule has 2 amide bonds. The van der Waals surface area contributed by atoms with Crippen molar-refractivity contribution >= 4 is 29.5 Å². The van der Waals surface area contributed by atoms with Crippen LogP contribution in [0.25, 0.3) is 0 Å². The standard InChI is InChI=1S/C20H26N2O6S/c1-3-26-14-4-6-15(7-5-14)27-11-10-21-17(23)12-28-19(25)16-13-29-20(2)9-8-18(24)22(16)20/h4-7,16H,3,8-13H2,1-2H3,(H,21,23)/t16-,20+/m1/s1. The zero-order valence-electron chi connectivity index (χ0n) is 16.6. The minimum atomic E-state index is -0.615. The summed E-state index contributed by atoms with van der Waals surface area (Å²) in [5.41, 5.74) is 0. The molecule has 1 aromatic carbocycles. The fourth-order valence-electron chi connectivity index (χ4n) is 3.44. The largest absolute Gasteiger partial charge is 0.494 e. The Kier molecular flexibility index (Phi) is 6.89. The maximum absolute atomic E-state index is 12.3. The molecule has 0 spiro atoms. The van der Waals surface area contributed by atoms with Crippen molar-refractivity contribution in [2.75, 3.05) is 32.1 Å². The molecule has 2 atom stereocenters. The molecule has 8 nitrogen and oxygen atoms in total. The van der Waals surface area contributed by atoms with E-state index >= 15 is 0 Å². The highest BCUT2D eigenvalue weighted by atomic mass is 32.2. The van der Waals surface area contributed by atoms with Crippen LogP contribution in [0.2, 0.25) is 0 Å². The van der Waals surface area contributed by atoms with Crippen LogP contribution in [0, 0.1) is 0 Å². The van der Waals surface area contributed by atoms with Crippen LogP contribution in [0.1, 0.15) is 26.7 Å². The third-order valence-electron chi connectivity index (χ3n) is 4.89. The molecule has 0 unspecified atom stereocenters. The van der Waals surface area contributed by atoms with Gasteiger partial charge >= 0.3 is 5.97 Å². The molecule has 2 saturated heterocycles. The minimum absolute atomic E-state index is 0.0321. The number of nitrogens with zero attached hydrogens (tertiary/aromatic N) is 1. The van der Waals surface area contributed by atoms with Crippen LogP contribution >= 0.6 is 11.8 Å². The van der Waals surface area contributed by atoms with Gasteiger partial charge < -0.3 is 24.4 Å². The smallest absolute Gasteiger partial charge is 0.330 e. The lowest BCUT2D eigenvalue weighted by atomic mass is 10.2. The highest BCUT2D eigenvalue weighted by Gasteiger charge is 2.53. The number of nitrogens with one attached hydrogen (secondary N) is 1. The molecule has 0 radical (unpaired) electrons. The van der Waals surface area contributed by atoms with Crippen LogP contribution in [0.5, 0.6) is 11.5 Å². The summed E-state index contributed by atoms with van der Waals surface area (Å²) in [5, 5.41) is 2.64. The van der Waals surface area contributed by atoms with E-state index in [9.17, 15) is 14.4 Å². The van der Waals surface area contributed by atoms with Gasteiger partial charge in [-0.25, -0.2) is 4.79 Å². The van der Waals surface area contributed by atoms with Crippen molar-refractivity contribution < 1.29 is 28.6 Å². The fraction of sp³-hybridized carbons (Fsp3) is 0.550. The first-order valence-corrected chi connectivity index (χ1v) is 10.7. The Labute approximate surface area is 174 Å². The van der Waals surface area contributed by atoms with Crippen LogP contribution in [0.4, 0.5) is 0 Å². The van der Waals surface area contributed by atoms with E-state index in [4.69, 9.17) is 14.2 Å². The second-order valence-electron chi connectivity index (χ2n) is 6.98. The number of esters is 1. The number of carbonyl (C=O) groups excluding carboxylic acids is 3. The molecular formula is C20H26N2O6S. The van der Waals surface area contributed by atoms with Crippen LogP contribution in [-0.2, 0) is 19.1 Å². The van der Waals surface area contributed by atoms with E-state index in [-0.39, 0.29) is 30.5 Å². The predicted molar refractivity (Wildman–Crippen MR) is 108 cm³/mol. The van der Waals surface area contributed by atoms with Gasteiger partial charge in [0.05, 0.1) is 18.0 Å². The molecule has 0 saturated carbocycles. The van der Waals surface area contributed by atoms with Gasteiger partial charge in [0.15, 0.2) is 6.61 Å². The Morgan fingerprint density at radius 2 is 1.93 bits per heavy atom. The SMILES string of the molecule is CCOc1ccc(OCCNC(=O)COC(=O)[C@H]2CS[C@@]3(C)CCC(=O)N23)cc1. The maximum Gasteiger partial charge on any atom is 0.330 e. The topological polar surface area (TPSA) is 94.2 Å². The van der Waals surface area contributed by atoms with Gasteiger partial charge in [-0.1, -0.05) is 0 Å². The molecule has 0 aromatic heterocycles. The number of fused-ring (bicyclic) bond motifs is 1. The second-order valence-corrected chi connectivity index (χ2v) is 8.48. The van der Waals surface area contributed by atoms with E-state index in [0.29, 0.717) is 24.5 Å². The molecular weight excluding hydrogens is 396 g/mol. The number of amides is 2. The van der Waals surface area contributed by atoms with Crippen molar-refractivity contribution in [1.29, 1.82) is 0 Å². The molecule has 2 fully saturated rings. The molecule has 9 heteroatoms. The van der Waals surface area contributed by atoms with Crippen LogP contribution in [-0.4, -0.2) is 65.7 Å². The van der Waals surface area contributed by atoms with Crippen LogP contribution < -0.4 is 14.8 Å². The Morgan fingerprint density at radius 1 is 1.24 bits per heavy atom. The first-order chi connectivity index (χ1) is 13.9. The normalized spacial score (nSPS) is 22.9. The van der Waals surface area contributed by atoms with Crippen molar-refractivity contribution in [3.63, 3.8) is 0 Å². The molecule has 3 rings (SSSR count). The number of ether oxygens (including phenoxy) is 3. The molecule has 158 valence electrons. The van der Waals surface area contributed by atoms with Gasteiger partial charge in [0, 0.05) is 12.2 Å². The Morgan fingerprint density at radius 3 is 2.62 bits per heavy atom. The zero-order chi connectivity index (χ0) is 20.9. The first kappa shape index (κ1) is 21.3. The van der Waals surface area contributed by atoms with Crippen molar-refractivity contribution in [2.24, 2.45) is 0 Å². The second kappa shape index (κ2) is 9.39. The van der Waals surface area contributed by atoms with Gasteiger partial charge in [0.1, 0.15) is 24.1 Å². The lowest BCUT2D eigenvalue weighted by molar-refractivity contribution is -0.156. The average molecular weight is 423 g/mol. The molecule has 2 aliphatic heterocycles. The summed E-state index contributed by atoms with van der Waals surface area (Å²) in [6, 6.07) is 6.60. The van der Waals surface area contributed by atoms with E-state index in [1.807, 2.05) is 26.0 Å². The lowest BCUT2D eigenvalue weighted by Crippen LogP contribution is -2.47. The monoisotopic (exact) mass is 422 g/mol. The number of hydrogen-bond acceptors (Lipinski definition) is 7. The molecule has 1 N–H and O–H groups in total.